The fourth-order valence-electron chi connectivity index (χ4n) is 2.47. The van der Waals surface area contributed by atoms with Crippen molar-refractivity contribution in [2.24, 2.45) is 0 Å². The van der Waals surface area contributed by atoms with Gasteiger partial charge in [0.15, 0.2) is 6.10 Å². The minimum atomic E-state index is -1.18. The topological polar surface area (TPSA) is 129 Å². The van der Waals surface area contributed by atoms with Crippen LogP contribution in [0.25, 0.3) is 0 Å². The van der Waals surface area contributed by atoms with Gasteiger partial charge in [0.1, 0.15) is 18.2 Å². The lowest BCUT2D eigenvalue weighted by atomic mass is 9.99. The first-order valence-electron chi connectivity index (χ1n) is 8.35. The Labute approximate surface area is 156 Å². The number of amides is 4. The lowest BCUT2D eigenvalue weighted by Crippen LogP contribution is -2.44. The van der Waals surface area contributed by atoms with E-state index >= 15 is 0 Å². The Kier molecular flexibility index (Phi) is 5.80. The molecular formula is C18H20N4O5. The number of nitrogens with one attached hydrogen (secondary N) is 2. The molecule has 1 aromatic rings. The lowest BCUT2D eigenvalue weighted by molar-refractivity contribution is -0.155. The molecule has 1 aromatic carbocycles. The molecule has 27 heavy (non-hydrogen) atoms. The fraction of sp³-hybridized carbons (Fsp3) is 0.389. The van der Waals surface area contributed by atoms with Crippen LogP contribution in [0, 0.1) is 11.3 Å². The second kappa shape index (κ2) is 7.86. The SMILES string of the molecule is CC[C@@]1(C)NC(=O)N(CC(=O)O[C@H](C)C(=O)Nc2ccccc2C#N)C1=O. The highest BCUT2D eigenvalue weighted by atomic mass is 16.5. The average Bonchev–Trinajstić information content (AvgIpc) is 2.85. The van der Waals surface area contributed by atoms with Gasteiger partial charge in [0.2, 0.25) is 0 Å². The minimum absolute atomic E-state index is 0.266. The number of hydrogen-bond acceptors (Lipinski definition) is 6. The molecule has 2 N–H and O–H groups in total. The first-order chi connectivity index (χ1) is 12.7. The van der Waals surface area contributed by atoms with Gasteiger partial charge in [0.25, 0.3) is 11.8 Å². The van der Waals surface area contributed by atoms with Crippen molar-refractivity contribution < 1.29 is 23.9 Å². The van der Waals surface area contributed by atoms with Crippen LogP contribution in [-0.4, -0.2) is 46.9 Å². The summed E-state index contributed by atoms with van der Waals surface area (Å²) in [6.45, 7) is 4.07. The molecule has 1 aliphatic heterocycles. The summed E-state index contributed by atoms with van der Waals surface area (Å²) in [5, 5.41) is 14.1. The van der Waals surface area contributed by atoms with Gasteiger partial charge in [-0.2, -0.15) is 5.26 Å². The zero-order chi connectivity index (χ0) is 20.2. The number of carbonyl (C=O) groups excluding carboxylic acids is 4. The first kappa shape index (κ1) is 19.9. The highest BCUT2D eigenvalue weighted by Crippen LogP contribution is 2.20. The summed E-state index contributed by atoms with van der Waals surface area (Å²) in [4.78, 5) is 49.2. The number of rotatable bonds is 6. The van der Waals surface area contributed by atoms with E-state index < -0.39 is 42.0 Å². The van der Waals surface area contributed by atoms with Crippen molar-refractivity contribution in [2.45, 2.75) is 38.8 Å². The highest BCUT2D eigenvalue weighted by molar-refractivity contribution is 6.08. The molecule has 2 rings (SSSR count). The zero-order valence-corrected chi connectivity index (χ0v) is 15.2. The predicted molar refractivity (Wildman–Crippen MR) is 94.3 cm³/mol. The Morgan fingerprint density at radius 1 is 1.37 bits per heavy atom. The number of urea groups is 1. The van der Waals surface area contributed by atoms with Gasteiger partial charge in [-0.1, -0.05) is 19.1 Å². The maximum absolute atomic E-state index is 12.3. The molecule has 0 aromatic heterocycles. The van der Waals surface area contributed by atoms with E-state index in [9.17, 15) is 19.2 Å². The number of esters is 1. The third-order valence-electron chi connectivity index (χ3n) is 4.32. The Balaban J connectivity index is 1.95. The van der Waals surface area contributed by atoms with Crippen LogP contribution in [0.2, 0.25) is 0 Å². The number of imide groups is 1. The molecule has 1 aliphatic rings. The molecule has 2 atom stereocenters. The van der Waals surface area contributed by atoms with E-state index in [1.165, 1.54) is 13.0 Å². The molecule has 9 heteroatoms. The Morgan fingerprint density at radius 3 is 2.63 bits per heavy atom. The van der Waals surface area contributed by atoms with Crippen molar-refractivity contribution in [2.75, 3.05) is 11.9 Å². The zero-order valence-electron chi connectivity index (χ0n) is 15.2. The maximum Gasteiger partial charge on any atom is 0.327 e. The van der Waals surface area contributed by atoms with Crippen LogP contribution in [0.1, 0.15) is 32.8 Å². The Bertz CT molecular complexity index is 831. The van der Waals surface area contributed by atoms with Crippen LogP contribution in [-0.2, 0) is 19.1 Å². The van der Waals surface area contributed by atoms with Gasteiger partial charge in [-0.05, 0) is 32.4 Å². The van der Waals surface area contributed by atoms with Crippen molar-refractivity contribution in [1.82, 2.24) is 10.2 Å². The monoisotopic (exact) mass is 372 g/mol. The molecule has 1 heterocycles. The summed E-state index contributed by atoms with van der Waals surface area (Å²) in [5.74, 6) is -2.05. The molecule has 1 fully saturated rings. The molecule has 4 amide bonds. The predicted octanol–water partition coefficient (Wildman–Crippen LogP) is 1.15. The van der Waals surface area contributed by atoms with Crippen molar-refractivity contribution in [3.8, 4) is 6.07 Å². The third-order valence-corrected chi connectivity index (χ3v) is 4.32. The van der Waals surface area contributed by atoms with Gasteiger partial charge in [0, 0.05) is 0 Å². The molecule has 0 radical (unpaired) electrons. The van der Waals surface area contributed by atoms with Gasteiger partial charge < -0.3 is 15.4 Å². The maximum atomic E-state index is 12.3. The summed E-state index contributed by atoms with van der Waals surface area (Å²) in [5.41, 5.74) is -0.496. The molecule has 0 saturated carbocycles. The number of ether oxygens (including phenoxy) is 1. The van der Waals surface area contributed by atoms with Gasteiger partial charge in [0.05, 0.1) is 11.3 Å². The van der Waals surface area contributed by atoms with Gasteiger partial charge in [-0.3, -0.25) is 19.3 Å². The van der Waals surface area contributed by atoms with E-state index in [1.54, 1.807) is 32.0 Å². The lowest BCUT2D eigenvalue weighted by Gasteiger charge is -2.19. The van der Waals surface area contributed by atoms with Crippen molar-refractivity contribution >= 4 is 29.5 Å². The molecule has 0 spiro atoms. The molecule has 1 saturated heterocycles. The summed E-state index contributed by atoms with van der Waals surface area (Å²) in [6, 6.07) is 7.64. The number of nitrogens with zero attached hydrogens (tertiary/aromatic N) is 2. The number of carbonyl (C=O) groups is 4. The van der Waals surface area contributed by atoms with E-state index in [1.807, 2.05) is 6.07 Å². The van der Waals surface area contributed by atoms with Crippen LogP contribution in [0.5, 0.6) is 0 Å². The van der Waals surface area contributed by atoms with Crippen molar-refractivity contribution in [1.29, 1.82) is 5.26 Å². The summed E-state index contributed by atoms with van der Waals surface area (Å²) < 4.78 is 5.01. The van der Waals surface area contributed by atoms with E-state index in [2.05, 4.69) is 10.6 Å². The molecule has 0 bridgehead atoms. The Hall–Kier alpha value is -3.41. The summed E-state index contributed by atoms with van der Waals surface area (Å²) in [6.07, 6.45) is -0.803. The molecule has 9 nitrogen and oxygen atoms in total. The number of anilines is 1. The van der Waals surface area contributed by atoms with Crippen LogP contribution in [0.15, 0.2) is 24.3 Å². The Morgan fingerprint density at radius 2 is 2.04 bits per heavy atom. The van der Waals surface area contributed by atoms with Gasteiger partial charge in [-0.25, -0.2) is 4.79 Å². The van der Waals surface area contributed by atoms with E-state index in [-0.39, 0.29) is 5.56 Å². The normalized spacial score (nSPS) is 19.9. The number of para-hydroxylation sites is 1. The second-order valence-electron chi connectivity index (χ2n) is 6.29. The quantitative estimate of drug-likeness (QED) is 0.569. The van der Waals surface area contributed by atoms with Crippen LogP contribution in [0.3, 0.4) is 0 Å². The van der Waals surface area contributed by atoms with E-state index in [0.717, 1.165) is 4.90 Å². The van der Waals surface area contributed by atoms with Gasteiger partial charge >= 0.3 is 12.0 Å². The minimum Gasteiger partial charge on any atom is -0.451 e. The first-order valence-corrected chi connectivity index (χ1v) is 8.35. The van der Waals surface area contributed by atoms with Crippen molar-refractivity contribution in [3.63, 3.8) is 0 Å². The average molecular weight is 372 g/mol. The number of benzene rings is 1. The van der Waals surface area contributed by atoms with Crippen molar-refractivity contribution in [3.05, 3.63) is 29.8 Å². The third kappa shape index (κ3) is 4.23. The van der Waals surface area contributed by atoms with Crippen LogP contribution >= 0.6 is 0 Å². The second-order valence-corrected chi connectivity index (χ2v) is 6.29. The molecule has 0 aliphatic carbocycles. The van der Waals surface area contributed by atoms with Gasteiger partial charge in [-0.15, -0.1) is 0 Å². The van der Waals surface area contributed by atoms with Crippen LogP contribution in [0.4, 0.5) is 10.5 Å². The largest absolute Gasteiger partial charge is 0.451 e. The van der Waals surface area contributed by atoms with E-state index in [4.69, 9.17) is 10.00 Å². The molecule has 142 valence electrons. The highest BCUT2D eigenvalue weighted by Gasteiger charge is 2.47. The number of nitriles is 1. The fourth-order valence-corrected chi connectivity index (χ4v) is 2.47. The number of hydrogen-bond donors (Lipinski definition) is 2. The van der Waals surface area contributed by atoms with E-state index in [0.29, 0.717) is 12.1 Å². The smallest absolute Gasteiger partial charge is 0.327 e. The molecule has 0 unspecified atom stereocenters. The summed E-state index contributed by atoms with van der Waals surface area (Å²) in [7, 11) is 0. The summed E-state index contributed by atoms with van der Waals surface area (Å²) >= 11 is 0. The molecular weight excluding hydrogens is 352 g/mol. The van der Waals surface area contributed by atoms with Crippen LogP contribution < -0.4 is 10.6 Å². The standard InChI is InChI=1S/C18H20N4O5/c1-4-18(3)16(25)22(17(26)21-18)10-14(23)27-11(2)15(24)20-13-8-6-5-7-12(13)9-19/h5-8,11H,4,10H2,1-3H3,(H,20,24)(H,21,26)/t11-,18-/m1/s1.